The van der Waals surface area contributed by atoms with Gasteiger partial charge in [0.25, 0.3) is 0 Å². The topological polar surface area (TPSA) is 88.7 Å². The molecule has 14 aromatic rings. The number of aromatic nitrogens is 3. The molecule has 0 spiro atoms. The predicted molar refractivity (Wildman–Crippen MR) is 267 cm³/mol. The Morgan fingerprint density at radius 3 is 1.21 bits per heavy atom. The molecule has 0 radical (unpaired) electrons. The summed E-state index contributed by atoms with van der Waals surface area (Å²) in [6.45, 7) is 4.46. The normalized spacial score (nSPS) is 12.4. The van der Waals surface area contributed by atoms with Gasteiger partial charge in [-0.3, -0.25) is 0 Å². The molecule has 0 atom stereocenters. The molecule has 0 saturated heterocycles. The molecule has 0 aliphatic rings. The van der Waals surface area contributed by atoms with Crippen LogP contribution in [0.2, 0.25) is 0 Å². The van der Waals surface area contributed by atoms with Crippen LogP contribution >= 0.6 is 0 Å². The Bertz CT molecular complexity index is 4260. The van der Waals surface area contributed by atoms with Crippen LogP contribution in [0.1, 0.15) is 30.5 Å². The average molecular weight is 846 g/mol. The van der Waals surface area contributed by atoms with E-state index in [4.69, 9.17) is 8.83 Å². The van der Waals surface area contributed by atoms with Crippen molar-refractivity contribution >= 4 is 109 Å². The fraction of sp³-hybridized carbons (Fsp3) is 0.0508. The van der Waals surface area contributed by atoms with E-state index in [1.165, 1.54) is 0 Å². The van der Waals surface area contributed by atoms with E-state index in [9.17, 15) is 10.5 Å². The van der Waals surface area contributed by atoms with E-state index in [1.54, 1.807) is 6.07 Å². The molecule has 0 unspecified atom stereocenters. The lowest BCUT2D eigenvalue weighted by molar-refractivity contribution is 0.462. The molecule has 14 rings (SSSR count). The van der Waals surface area contributed by atoms with Crippen molar-refractivity contribution < 1.29 is 8.83 Å². The summed E-state index contributed by atoms with van der Waals surface area (Å²) in [5.74, 6) is 0. The van der Waals surface area contributed by atoms with Gasteiger partial charge in [-0.05, 0) is 80.6 Å². The summed E-state index contributed by atoms with van der Waals surface area (Å²) in [4.78, 5) is 0. The minimum absolute atomic E-state index is 0.381. The van der Waals surface area contributed by atoms with Crippen molar-refractivity contribution in [1.82, 2.24) is 13.7 Å². The second-order valence-electron chi connectivity index (χ2n) is 17.8. The minimum atomic E-state index is -0.936. The molecule has 0 N–H and O–H groups in total. The van der Waals surface area contributed by atoms with Gasteiger partial charge in [-0.1, -0.05) is 109 Å². The van der Waals surface area contributed by atoms with Crippen LogP contribution in [0, 0.1) is 22.7 Å². The number of nitriles is 2. The first-order valence-corrected chi connectivity index (χ1v) is 22.1. The summed E-state index contributed by atoms with van der Waals surface area (Å²) >= 11 is 0. The molecule has 0 aliphatic heterocycles. The van der Waals surface area contributed by atoms with E-state index in [2.05, 4.69) is 161 Å². The number of hydrogen-bond acceptors (Lipinski definition) is 4. The number of furan rings is 2. The van der Waals surface area contributed by atoms with Crippen LogP contribution < -0.4 is 0 Å². The van der Waals surface area contributed by atoms with Crippen LogP contribution in [0.4, 0.5) is 0 Å². The smallest absolute Gasteiger partial charge is 0.145 e. The van der Waals surface area contributed by atoms with Gasteiger partial charge in [0.05, 0.1) is 60.9 Å². The summed E-state index contributed by atoms with van der Waals surface area (Å²) in [5, 5.41) is 33.4. The molecule has 9 aromatic carbocycles. The van der Waals surface area contributed by atoms with Gasteiger partial charge >= 0.3 is 0 Å². The fourth-order valence-electron chi connectivity index (χ4n) is 11.5. The van der Waals surface area contributed by atoms with Gasteiger partial charge in [-0.25, -0.2) is 0 Å². The van der Waals surface area contributed by atoms with Crippen LogP contribution in [0.3, 0.4) is 0 Å². The largest absolute Gasteiger partial charge is 0.455 e. The maximum atomic E-state index is 11.5. The van der Waals surface area contributed by atoms with E-state index in [1.807, 2.05) is 48.5 Å². The Hall–Kier alpha value is -9.04. The molecule has 7 heteroatoms. The molecule has 5 heterocycles. The summed E-state index contributed by atoms with van der Waals surface area (Å²) in [5.41, 5.74) is 10.9. The Kier molecular flexibility index (Phi) is 7.19. The number of hydrogen-bond donors (Lipinski definition) is 0. The molecule has 308 valence electrons. The summed E-state index contributed by atoms with van der Waals surface area (Å²) in [7, 11) is 0. The van der Waals surface area contributed by atoms with Crippen LogP contribution in [-0.2, 0) is 5.54 Å². The SMILES string of the molecule is CC(C)(c1c(-n2c3ccccc3c3c4oc5ccccc5c4ccc32)c(C#N)cc(C#N)c1-n1c2ccccc2c2c3oc4ccccc4c3ccc21)n1c2ccccc2c2ccccc21. The Labute approximate surface area is 376 Å². The molecule has 0 saturated carbocycles. The van der Waals surface area contributed by atoms with Crippen molar-refractivity contribution in [1.29, 1.82) is 10.5 Å². The standard InChI is InChI=1S/C59H35N5O2/c1-59(2,64-46-23-11-3-15-36(46)37-16-4-12-24-47(37)64)54-55(62-44-21-9-5-19-42(44)52-48(62)29-27-40-38-17-7-13-25-50(38)65-57(40)52)34(32-60)31-35(33-61)56(54)63-45-22-10-6-20-43(45)53-49(63)30-28-41-39-18-8-14-26-51(39)66-58(41)53/h3-31H,1-2H3. The first-order valence-electron chi connectivity index (χ1n) is 22.1. The van der Waals surface area contributed by atoms with Gasteiger partial charge in [-0.2, -0.15) is 10.5 Å². The Morgan fingerprint density at radius 2 is 0.773 bits per heavy atom. The summed E-state index contributed by atoms with van der Waals surface area (Å²) in [6.07, 6.45) is 0. The maximum absolute atomic E-state index is 11.5. The monoisotopic (exact) mass is 845 g/mol. The van der Waals surface area contributed by atoms with E-state index in [0.29, 0.717) is 22.5 Å². The number of nitrogens with zero attached hydrogens (tertiary/aromatic N) is 5. The van der Waals surface area contributed by atoms with Crippen molar-refractivity contribution in [3.63, 3.8) is 0 Å². The lowest BCUT2D eigenvalue weighted by Gasteiger charge is -2.35. The average Bonchev–Trinajstić information content (AvgIpc) is 4.17. The van der Waals surface area contributed by atoms with E-state index in [0.717, 1.165) is 115 Å². The van der Waals surface area contributed by atoms with Gasteiger partial charge < -0.3 is 22.5 Å². The molecule has 0 bridgehead atoms. The van der Waals surface area contributed by atoms with Crippen molar-refractivity contribution in [2.75, 3.05) is 0 Å². The van der Waals surface area contributed by atoms with Gasteiger partial charge in [0.2, 0.25) is 0 Å². The number of benzene rings is 9. The first-order chi connectivity index (χ1) is 32.5. The van der Waals surface area contributed by atoms with Gasteiger partial charge in [0.1, 0.15) is 34.5 Å². The van der Waals surface area contributed by atoms with Crippen LogP contribution in [0.5, 0.6) is 0 Å². The highest BCUT2D eigenvalue weighted by Gasteiger charge is 2.38. The number of para-hydroxylation sites is 6. The van der Waals surface area contributed by atoms with Crippen molar-refractivity contribution in [2.24, 2.45) is 0 Å². The lowest BCUT2D eigenvalue weighted by Crippen LogP contribution is -2.32. The molecule has 7 nitrogen and oxygen atoms in total. The quantitative estimate of drug-likeness (QED) is 0.176. The molecule has 66 heavy (non-hydrogen) atoms. The Morgan fingerprint density at radius 1 is 0.394 bits per heavy atom. The third-order valence-corrected chi connectivity index (χ3v) is 14.1. The van der Waals surface area contributed by atoms with E-state index in [-0.39, 0.29) is 0 Å². The van der Waals surface area contributed by atoms with Gasteiger partial charge in [-0.15, -0.1) is 0 Å². The summed E-state index contributed by atoms with van der Waals surface area (Å²) in [6, 6.07) is 65.7. The minimum Gasteiger partial charge on any atom is -0.455 e. The third kappa shape index (κ3) is 4.58. The fourth-order valence-corrected chi connectivity index (χ4v) is 11.5. The predicted octanol–water partition coefficient (Wildman–Crippen LogP) is 15.3. The molecule has 5 aromatic heterocycles. The van der Waals surface area contributed by atoms with E-state index < -0.39 is 5.54 Å². The maximum Gasteiger partial charge on any atom is 0.145 e. The lowest BCUT2D eigenvalue weighted by atomic mass is 9.85. The number of fused-ring (bicyclic) bond motifs is 17. The molecular weight excluding hydrogens is 811 g/mol. The molecule has 0 aliphatic carbocycles. The zero-order chi connectivity index (χ0) is 44.0. The van der Waals surface area contributed by atoms with Crippen LogP contribution in [0.25, 0.3) is 121 Å². The second-order valence-corrected chi connectivity index (χ2v) is 17.8. The highest BCUT2D eigenvalue weighted by molar-refractivity contribution is 6.25. The van der Waals surface area contributed by atoms with Crippen molar-refractivity contribution in [2.45, 2.75) is 19.4 Å². The van der Waals surface area contributed by atoms with Crippen molar-refractivity contribution in [3.8, 4) is 23.5 Å². The zero-order valence-electron chi connectivity index (χ0n) is 35.8. The molecule has 0 amide bonds. The van der Waals surface area contributed by atoms with Crippen LogP contribution in [0.15, 0.2) is 185 Å². The summed E-state index contributed by atoms with van der Waals surface area (Å²) < 4.78 is 20.4. The van der Waals surface area contributed by atoms with Gasteiger partial charge in [0, 0.05) is 59.7 Å². The second kappa shape index (κ2) is 13.0. The van der Waals surface area contributed by atoms with E-state index >= 15 is 0 Å². The number of rotatable bonds is 4. The molecule has 0 fully saturated rings. The highest BCUT2D eigenvalue weighted by Crippen LogP contribution is 2.50. The zero-order valence-corrected chi connectivity index (χ0v) is 35.8. The first kappa shape index (κ1) is 36.4. The highest BCUT2D eigenvalue weighted by atomic mass is 16.3. The third-order valence-electron chi connectivity index (χ3n) is 14.1. The Balaban J connectivity index is 1.23. The van der Waals surface area contributed by atoms with Gasteiger partial charge in [0.15, 0.2) is 0 Å². The van der Waals surface area contributed by atoms with Crippen LogP contribution in [-0.4, -0.2) is 13.7 Å². The molecular formula is C59H35N5O2. The van der Waals surface area contributed by atoms with Crippen molar-refractivity contribution in [3.05, 3.63) is 193 Å².